The number of carboxylic acid groups (broad SMARTS) is 1. The van der Waals surface area contributed by atoms with Gasteiger partial charge in [-0.25, -0.2) is 19.3 Å². The molecule has 0 amide bonds. The smallest absolute Gasteiger partial charge is 0.335 e. The van der Waals surface area contributed by atoms with Gasteiger partial charge in [-0.15, -0.1) is 0 Å². The van der Waals surface area contributed by atoms with Crippen LogP contribution in [0.15, 0.2) is 48.9 Å². The fourth-order valence-electron chi connectivity index (χ4n) is 3.94. The van der Waals surface area contributed by atoms with E-state index in [1.807, 2.05) is 12.1 Å². The van der Waals surface area contributed by atoms with Crippen molar-refractivity contribution in [3.63, 3.8) is 0 Å². The van der Waals surface area contributed by atoms with Crippen molar-refractivity contribution in [2.24, 2.45) is 0 Å². The van der Waals surface area contributed by atoms with Gasteiger partial charge in [0.15, 0.2) is 5.65 Å². The molecule has 9 heteroatoms. The molecule has 2 atom stereocenters. The Bertz CT molecular complexity index is 1300. The molecular formula is C22H19N5O4. The lowest BCUT2D eigenvalue weighted by atomic mass is 10.0. The summed E-state index contributed by atoms with van der Waals surface area (Å²) in [5.41, 5.74) is 4.43. The van der Waals surface area contributed by atoms with E-state index in [1.165, 1.54) is 14.2 Å². The zero-order valence-electron chi connectivity index (χ0n) is 16.9. The molecule has 0 aliphatic heterocycles. The Kier molecular flexibility index (Phi) is 4.50. The quantitative estimate of drug-likeness (QED) is 0.509. The van der Waals surface area contributed by atoms with Crippen LogP contribution in [0, 0.1) is 0 Å². The van der Waals surface area contributed by atoms with E-state index in [1.54, 1.807) is 41.3 Å². The van der Waals surface area contributed by atoms with E-state index >= 15 is 0 Å². The number of ether oxygens (including phenoxy) is 2. The van der Waals surface area contributed by atoms with Crippen LogP contribution in [0.5, 0.6) is 11.9 Å². The number of aromatic nitrogens is 5. The molecule has 156 valence electrons. The van der Waals surface area contributed by atoms with Gasteiger partial charge in [0.25, 0.3) is 0 Å². The number of nitrogens with zero attached hydrogens (tertiary/aromatic N) is 5. The van der Waals surface area contributed by atoms with E-state index in [4.69, 9.17) is 9.47 Å². The Morgan fingerprint density at radius 2 is 2.03 bits per heavy atom. The first kappa shape index (κ1) is 19.0. The number of imidazole rings is 1. The summed E-state index contributed by atoms with van der Waals surface area (Å²) in [7, 11) is 3.03. The first-order valence-corrected chi connectivity index (χ1v) is 9.72. The molecule has 1 aliphatic carbocycles. The number of hydrogen-bond acceptors (Lipinski definition) is 7. The van der Waals surface area contributed by atoms with Gasteiger partial charge >= 0.3 is 12.0 Å². The van der Waals surface area contributed by atoms with Crippen molar-refractivity contribution >= 4 is 11.6 Å². The third kappa shape index (κ3) is 3.33. The highest BCUT2D eigenvalue weighted by Crippen LogP contribution is 2.55. The van der Waals surface area contributed by atoms with E-state index < -0.39 is 5.97 Å². The van der Waals surface area contributed by atoms with Crippen LogP contribution >= 0.6 is 0 Å². The highest BCUT2D eigenvalue weighted by atomic mass is 16.5. The Morgan fingerprint density at radius 1 is 1.16 bits per heavy atom. The van der Waals surface area contributed by atoms with Crippen LogP contribution in [0.3, 0.4) is 0 Å². The average Bonchev–Trinajstić information content (AvgIpc) is 3.46. The van der Waals surface area contributed by atoms with Gasteiger partial charge in [0.2, 0.25) is 5.88 Å². The Hall–Kier alpha value is -4.01. The average molecular weight is 417 g/mol. The summed E-state index contributed by atoms with van der Waals surface area (Å²) in [6.07, 6.45) is 6.03. The zero-order chi connectivity index (χ0) is 21.5. The summed E-state index contributed by atoms with van der Waals surface area (Å²) >= 11 is 0. The normalized spacial score (nSPS) is 17.5. The van der Waals surface area contributed by atoms with Gasteiger partial charge in [-0.3, -0.25) is 0 Å². The molecule has 4 aromatic rings. The summed E-state index contributed by atoms with van der Waals surface area (Å²) in [6, 6.07) is 9.32. The van der Waals surface area contributed by atoms with Gasteiger partial charge in [-0.1, -0.05) is 12.1 Å². The molecule has 5 rings (SSSR count). The predicted octanol–water partition coefficient (Wildman–Crippen LogP) is 3.17. The molecule has 1 aromatic carbocycles. The lowest BCUT2D eigenvalue weighted by molar-refractivity contribution is 0.0696. The van der Waals surface area contributed by atoms with Crippen molar-refractivity contribution in [1.82, 2.24) is 24.6 Å². The minimum Gasteiger partial charge on any atom is -0.480 e. The third-order valence-corrected chi connectivity index (χ3v) is 5.52. The molecule has 9 nitrogen and oxygen atoms in total. The second kappa shape index (κ2) is 7.35. The molecule has 1 aliphatic rings. The number of aromatic carboxylic acids is 1. The van der Waals surface area contributed by atoms with Crippen LogP contribution < -0.4 is 9.47 Å². The molecule has 0 saturated heterocycles. The fraction of sp³-hybridized carbons (Fsp3) is 0.227. The lowest BCUT2D eigenvalue weighted by Gasteiger charge is -2.11. The van der Waals surface area contributed by atoms with Crippen LogP contribution in [0.25, 0.3) is 16.9 Å². The van der Waals surface area contributed by atoms with Crippen LogP contribution in [0.2, 0.25) is 0 Å². The van der Waals surface area contributed by atoms with Crippen LogP contribution in [-0.2, 0) is 0 Å². The molecule has 31 heavy (non-hydrogen) atoms. The van der Waals surface area contributed by atoms with E-state index in [0.29, 0.717) is 22.7 Å². The van der Waals surface area contributed by atoms with E-state index in [9.17, 15) is 9.90 Å². The number of benzene rings is 1. The maximum atomic E-state index is 11.3. The molecule has 3 heterocycles. The Labute approximate surface area is 177 Å². The number of carbonyl (C=O) groups is 1. The number of methoxy groups -OCH3 is 2. The molecule has 1 fully saturated rings. The SMILES string of the molecule is COc1ncc(-c2cc([C@H]3C[C@H]3c3cccc(C(=O)O)c3)c3nccn3n2)c(OC)n1. The first-order chi connectivity index (χ1) is 15.1. The number of carboxylic acids is 1. The Balaban J connectivity index is 1.56. The molecule has 0 bridgehead atoms. The van der Waals surface area contributed by atoms with Gasteiger partial charge in [0.1, 0.15) is 0 Å². The molecule has 1 saturated carbocycles. The number of hydrogen-bond donors (Lipinski definition) is 1. The van der Waals surface area contributed by atoms with Gasteiger partial charge < -0.3 is 14.6 Å². The summed E-state index contributed by atoms with van der Waals surface area (Å²) in [5.74, 6) is -0.122. The van der Waals surface area contributed by atoms with Gasteiger partial charge in [0.05, 0.1) is 31.0 Å². The second-order valence-electron chi connectivity index (χ2n) is 7.34. The van der Waals surface area contributed by atoms with Crippen LogP contribution in [-0.4, -0.2) is 49.9 Å². The predicted molar refractivity (Wildman–Crippen MR) is 111 cm³/mol. The minimum atomic E-state index is -0.924. The molecular weight excluding hydrogens is 398 g/mol. The molecule has 0 unspecified atom stereocenters. The van der Waals surface area contributed by atoms with Crippen molar-refractivity contribution in [2.75, 3.05) is 14.2 Å². The summed E-state index contributed by atoms with van der Waals surface area (Å²) in [4.78, 5) is 24.3. The monoisotopic (exact) mass is 417 g/mol. The first-order valence-electron chi connectivity index (χ1n) is 9.72. The van der Waals surface area contributed by atoms with Gasteiger partial charge in [0, 0.05) is 24.2 Å². The standard InChI is InChI=1S/C22H19N5O4/c1-30-20-17(11-24-22(25-20)31-2)18-10-16(19-23-6-7-27(19)26-18)15-9-14(15)12-4-3-5-13(8-12)21(28)29/h3-8,10-11,14-15H,9H2,1-2H3,(H,28,29)/t14-,15-/m0/s1. The number of rotatable bonds is 6. The van der Waals surface area contributed by atoms with E-state index in [-0.39, 0.29) is 17.8 Å². The van der Waals surface area contributed by atoms with Crippen molar-refractivity contribution < 1.29 is 19.4 Å². The second-order valence-corrected chi connectivity index (χ2v) is 7.34. The highest BCUT2D eigenvalue weighted by Gasteiger charge is 2.41. The molecule has 0 radical (unpaired) electrons. The van der Waals surface area contributed by atoms with Crippen molar-refractivity contribution in [3.8, 4) is 23.1 Å². The lowest BCUT2D eigenvalue weighted by Crippen LogP contribution is -2.03. The largest absolute Gasteiger partial charge is 0.480 e. The zero-order valence-corrected chi connectivity index (χ0v) is 16.9. The molecule has 0 spiro atoms. The maximum absolute atomic E-state index is 11.3. The summed E-state index contributed by atoms with van der Waals surface area (Å²) < 4.78 is 12.2. The molecule has 1 N–H and O–H groups in total. The Morgan fingerprint density at radius 3 is 2.81 bits per heavy atom. The van der Waals surface area contributed by atoms with E-state index in [2.05, 4.69) is 20.1 Å². The maximum Gasteiger partial charge on any atom is 0.335 e. The van der Waals surface area contributed by atoms with Crippen LogP contribution in [0.4, 0.5) is 0 Å². The topological polar surface area (TPSA) is 112 Å². The highest BCUT2D eigenvalue weighted by molar-refractivity contribution is 5.87. The van der Waals surface area contributed by atoms with Crippen LogP contribution in [0.1, 0.15) is 39.7 Å². The fourth-order valence-corrected chi connectivity index (χ4v) is 3.94. The van der Waals surface area contributed by atoms with Crippen molar-refractivity contribution in [2.45, 2.75) is 18.3 Å². The van der Waals surface area contributed by atoms with Gasteiger partial charge in [-0.05, 0) is 42.0 Å². The van der Waals surface area contributed by atoms with Gasteiger partial charge in [-0.2, -0.15) is 10.1 Å². The van der Waals surface area contributed by atoms with Crippen molar-refractivity contribution in [3.05, 3.63) is 65.6 Å². The number of fused-ring (bicyclic) bond motifs is 1. The van der Waals surface area contributed by atoms with E-state index in [0.717, 1.165) is 23.2 Å². The third-order valence-electron chi connectivity index (χ3n) is 5.52. The summed E-state index contributed by atoms with van der Waals surface area (Å²) in [5, 5.41) is 14.0. The van der Waals surface area contributed by atoms with Crippen molar-refractivity contribution in [1.29, 1.82) is 0 Å². The summed E-state index contributed by atoms with van der Waals surface area (Å²) in [6.45, 7) is 0. The molecule has 3 aromatic heterocycles. The minimum absolute atomic E-state index is 0.209.